The Kier molecular flexibility index (Phi) is 3.14. The van der Waals surface area contributed by atoms with Gasteiger partial charge in [0.25, 0.3) is 0 Å². The Morgan fingerprint density at radius 2 is 2.07 bits per heavy atom. The van der Waals surface area contributed by atoms with Gasteiger partial charge in [0.1, 0.15) is 0 Å². The SMILES string of the molecule is OCC[C@H]1CO[C@H](c2ccccc2)O1. The molecule has 0 radical (unpaired) electrons. The largest absolute Gasteiger partial charge is 0.396 e. The van der Waals surface area contributed by atoms with E-state index in [-0.39, 0.29) is 19.0 Å². The van der Waals surface area contributed by atoms with Crippen LogP contribution >= 0.6 is 0 Å². The van der Waals surface area contributed by atoms with E-state index in [2.05, 4.69) is 0 Å². The van der Waals surface area contributed by atoms with Gasteiger partial charge in [-0.3, -0.25) is 0 Å². The van der Waals surface area contributed by atoms with Gasteiger partial charge in [-0.2, -0.15) is 0 Å². The van der Waals surface area contributed by atoms with Gasteiger partial charge in [-0.1, -0.05) is 30.3 Å². The van der Waals surface area contributed by atoms with E-state index in [9.17, 15) is 0 Å². The fourth-order valence-corrected chi connectivity index (χ4v) is 1.53. The maximum absolute atomic E-state index is 8.75. The molecule has 2 atom stereocenters. The van der Waals surface area contributed by atoms with Crippen LogP contribution in [0.25, 0.3) is 0 Å². The molecule has 1 heterocycles. The fraction of sp³-hybridized carbons (Fsp3) is 0.455. The first kappa shape index (κ1) is 9.65. The van der Waals surface area contributed by atoms with Crippen LogP contribution in [0.3, 0.4) is 0 Å². The Morgan fingerprint density at radius 1 is 1.29 bits per heavy atom. The molecule has 3 nitrogen and oxygen atoms in total. The molecule has 0 amide bonds. The van der Waals surface area contributed by atoms with E-state index in [0.29, 0.717) is 13.0 Å². The van der Waals surface area contributed by atoms with Crippen molar-refractivity contribution in [3.05, 3.63) is 35.9 Å². The first-order chi connectivity index (χ1) is 6.90. The lowest BCUT2D eigenvalue weighted by Gasteiger charge is -2.10. The number of hydrogen-bond acceptors (Lipinski definition) is 3. The summed E-state index contributed by atoms with van der Waals surface area (Å²) in [5.74, 6) is 0. The summed E-state index contributed by atoms with van der Waals surface area (Å²) in [5.41, 5.74) is 1.04. The third-order valence-corrected chi connectivity index (χ3v) is 2.27. The van der Waals surface area contributed by atoms with Crippen LogP contribution in [-0.2, 0) is 9.47 Å². The van der Waals surface area contributed by atoms with Gasteiger partial charge < -0.3 is 14.6 Å². The molecule has 0 unspecified atom stereocenters. The normalized spacial score (nSPS) is 26.6. The van der Waals surface area contributed by atoms with E-state index in [1.807, 2.05) is 30.3 Å². The van der Waals surface area contributed by atoms with Crippen molar-refractivity contribution >= 4 is 0 Å². The van der Waals surface area contributed by atoms with Crippen molar-refractivity contribution in [2.75, 3.05) is 13.2 Å². The molecule has 14 heavy (non-hydrogen) atoms. The lowest BCUT2D eigenvalue weighted by molar-refractivity contribution is -0.0627. The minimum atomic E-state index is -0.257. The molecule has 1 N–H and O–H groups in total. The molecule has 0 bridgehead atoms. The summed E-state index contributed by atoms with van der Waals surface area (Å²) in [4.78, 5) is 0. The summed E-state index contributed by atoms with van der Waals surface area (Å²) in [6.07, 6.45) is 0.418. The summed E-state index contributed by atoms with van der Waals surface area (Å²) in [5, 5.41) is 8.75. The number of rotatable bonds is 3. The predicted octanol–water partition coefficient (Wildman–Crippen LogP) is 1.48. The van der Waals surface area contributed by atoms with Gasteiger partial charge >= 0.3 is 0 Å². The molecule has 1 saturated heterocycles. The Morgan fingerprint density at radius 3 is 2.79 bits per heavy atom. The van der Waals surface area contributed by atoms with Crippen LogP contribution in [0, 0.1) is 0 Å². The Labute approximate surface area is 83.3 Å². The van der Waals surface area contributed by atoms with Gasteiger partial charge in [-0.15, -0.1) is 0 Å². The molecule has 3 heteroatoms. The zero-order valence-electron chi connectivity index (χ0n) is 7.93. The van der Waals surface area contributed by atoms with Crippen molar-refractivity contribution in [1.29, 1.82) is 0 Å². The number of aliphatic hydroxyl groups excluding tert-OH is 1. The third-order valence-electron chi connectivity index (χ3n) is 2.27. The second-order valence-corrected chi connectivity index (χ2v) is 3.35. The monoisotopic (exact) mass is 194 g/mol. The van der Waals surface area contributed by atoms with Gasteiger partial charge in [-0.05, 0) is 6.42 Å². The van der Waals surface area contributed by atoms with Crippen molar-refractivity contribution in [2.24, 2.45) is 0 Å². The zero-order chi connectivity index (χ0) is 9.80. The van der Waals surface area contributed by atoms with Gasteiger partial charge in [0.05, 0.1) is 12.7 Å². The number of ether oxygens (including phenoxy) is 2. The van der Waals surface area contributed by atoms with Crippen LogP contribution in [0.1, 0.15) is 18.3 Å². The number of benzene rings is 1. The van der Waals surface area contributed by atoms with Crippen LogP contribution in [0.4, 0.5) is 0 Å². The summed E-state index contributed by atoms with van der Waals surface area (Å²) in [6, 6.07) is 9.84. The smallest absolute Gasteiger partial charge is 0.184 e. The van der Waals surface area contributed by atoms with Crippen molar-refractivity contribution in [1.82, 2.24) is 0 Å². The quantitative estimate of drug-likeness (QED) is 0.792. The second kappa shape index (κ2) is 4.55. The molecule has 2 rings (SSSR count). The van der Waals surface area contributed by atoms with Crippen LogP contribution < -0.4 is 0 Å². The molecule has 1 fully saturated rings. The van der Waals surface area contributed by atoms with Gasteiger partial charge in [0, 0.05) is 12.2 Å². The van der Waals surface area contributed by atoms with Crippen molar-refractivity contribution < 1.29 is 14.6 Å². The topological polar surface area (TPSA) is 38.7 Å². The summed E-state index contributed by atoms with van der Waals surface area (Å²) >= 11 is 0. The second-order valence-electron chi connectivity index (χ2n) is 3.35. The van der Waals surface area contributed by atoms with E-state index in [4.69, 9.17) is 14.6 Å². The highest BCUT2D eigenvalue weighted by atomic mass is 16.7. The third kappa shape index (κ3) is 2.12. The highest BCUT2D eigenvalue weighted by Crippen LogP contribution is 2.27. The molecule has 0 spiro atoms. The average Bonchev–Trinajstić information content (AvgIpc) is 2.68. The lowest BCUT2D eigenvalue weighted by Crippen LogP contribution is -2.11. The van der Waals surface area contributed by atoms with Crippen LogP contribution in [0.2, 0.25) is 0 Å². The Bertz CT molecular complexity index is 273. The van der Waals surface area contributed by atoms with Crippen molar-refractivity contribution in [2.45, 2.75) is 18.8 Å². The molecule has 1 aliphatic rings. The maximum atomic E-state index is 8.75. The molecule has 1 aliphatic heterocycles. The van der Waals surface area contributed by atoms with Crippen molar-refractivity contribution in [3.63, 3.8) is 0 Å². The first-order valence-corrected chi connectivity index (χ1v) is 4.83. The predicted molar refractivity (Wildman–Crippen MR) is 51.7 cm³/mol. The number of hydrogen-bond donors (Lipinski definition) is 1. The van der Waals surface area contributed by atoms with E-state index < -0.39 is 0 Å². The van der Waals surface area contributed by atoms with Crippen molar-refractivity contribution in [3.8, 4) is 0 Å². The molecule has 1 aromatic rings. The highest BCUT2D eigenvalue weighted by molar-refractivity contribution is 5.16. The van der Waals surface area contributed by atoms with E-state index in [1.165, 1.54) is 0 Å². The lowest BCUT2D eigenvalue weighted by atomic mass is 10.2. The average molecular weight is 194 g/mol. The fourth-order valence-electron chi connectivity index (χ4n) is 1.53. The Balaban J connectivity index is 1.96. The van der Waals surface area contributed by atoms with Gasteiger partial charge in [0.15, 0.2) is 6.29 Å². The minimum absolute atomic E-state index is 0.0326. The van der Waals surface area contributed by atoms with Crippen LogP contribution in [0.5, 0.6) is 0 Å². The summed E-state index contributed by atoms with van der Waals surface area (Å²) in [7, 11) is 0. The molecule has 0 aromatic heterocycles. The molecule has 1 aromatic carbocycles. The zero-order valence-corrected chi connectivity index (χ0v) is 7.93. The maximum Gasteiger partial charge on any atom is 0.184 e. The van der Waals surface area contributed by atoms with Gasteiger partial charge in [0.2, 0.25) is 0 Å². The molecule has 76 valence electrons. The Hall–Kier alpha value is -0.900. The van der Waals surface area contributed by atoms with E-state index in [0.717, 1.165) is 5.56 Å². The molecular weight excluding hydrogens is 180 g/mol. The summed E-state index contributed by atoms with van der Waals surface area (Å²) in [6.45, 7) is 0.718. The van der Waals surface area contributed by atoms with Crippen LogP contribution in [0.15, 0.2) is 30.3 Å². The highest BCUT2D eigenvalue weighted by Gasteiger charge is 2.26. The molecular formula is C11H14O3. The van der Waals surface area contributed by atoms with E-state index >= 15 is 0 Å². The van der Waals surface area contributed by atoms with Gasteiger partial charge in [-0.25, -0.2) is 0 Å². The van der Waals surface area contributed by atoms with Crippen LogP contribution in [-0.4, -0.2) is 24.4 Å². The standard InChI is InChI=1S/C11H14O3/c12-7-6-10-8-13-11(14-10)9-4-2-1-3-5-9/h1-5,10-12H,6-8H2/t10-,11-/m0/s1. The molecule has 0 aliphatic carbocycles. The first-order valence-electron chi connectivity index (χ1n) is 4.83. The number of aliphatic hydroxyl groups is 1. The summed E-state index contributed by atoms with van der Waals surface area (Å²) < 4.78 is 11.1. The minimum Gasteiger partial charge on any atom is -0.396 e. The molecule has 0 saturated carbocycles. The van der Waals surface area contributed by atoms with E-state index in [1.54, 1.807) is 0 Å².